The lowest BCUT2D eigenvalue weighted by molar-refractivity contribution is -0.138. The van der Waals surface area contributed by atoms with Crippen LogP contribution in [-0.4, -0.2) is 17.0 Å². The molecule has 0 aromatic carbocycles. The van der Waals surface area contributed by atoms with E-state index in [0.29, 0.717) is 6.42 Å². The minimum Gasteiger partial charge on any atom is -0.481 e. The van der Waals surface area contributed by atoms with Crippen LogP contribution in [0.3, 0.4) is 0 Å². The SMILES string of the molecule is C=CCC(=O)O.C=COC(=O)CCCCCCC. The molecule has 0 aliphatic rings. The third kappa shape index (κ3) is 19.9. The van der Waals surface area contributed by atoms with Crippen LogP contribution >= 0.6 is 0 Å². The first-order chi connectivity index (χ1) is 8.58. The predicted octanol–water partition coefficient (Wildman–Crippen LogP) is 3.68. The van der Waals surface area contributed by atoms with E-state index >= 15 is 0 Å². The number of carboxylic acid groups (broad SMARTS) is 1. The van der Waals surface area contributed by atoms with Crippen molar-refractivity contribution in [3.63, 3.8) is 0 Å². The fraction of sp³-hybridized carbons (Fsp3) is 0.571. The molecule has 0 unspecified atom stereocenters. The summed E-state index contributed by atoms with van der Waals surface area (Å²) >= 11 is 0. The summed E-state index contributed by atoms with van der Waals surface area (Å²) in [6.07, 6.45) is 8.89. The van der Waals surface area contributed by atoms with Crippen LogP contribution in [0.15, 0.2) is 25.5 Å². The monoisotopic (exact) mass is 256 g/mol. The van der Waals surface area contributed by atoms with E-state index in [1.807, 2.05) is 0 Å². The number of unbranched alkanes of at least 4 members (excludes halogenated alkanes) is 4. The van der Waals surface area contributed by atoms with Gasteiger partial charge in [0.25, 0.3) is 0 Å². The fourth-order valence-corrected chi connectivity index (χ4v) is 1.15. The maximum Gasteiger partial charge on any atom is 0.310 e. The third-order valence-electron chi connectivity index (χ3n) is 2.02. The zero-order valence-corrected chi connectivity index (χ0v) is 11.2. The Balaban J connectivity index is 0. The Morgan fingerprint density at radius 3 is 2.17 bits per heavy atom. The molecule has 18 heavy (non-hydrogen) atoms. The molecule has 0 fully saturated rings. The van der Waals surface area contributed by atoms with Crippen molar-refractivity contribution in [1.29, 1.82) is 0 Å². The molecule has 1 N–H and O–H groups in total. The summed E-state index contributed by atoms with van der Waals surface area (Å²) in [6, 6.07) is 0. The van der Waals surface area contributed by atoms with Gasteiger partial charge >= 0.3 is 11.9 Å². The molecular weight excluding hydrogens is 232 g/mol. The van der Waals surface area contributed by atoms with E-state index in [0.717, 1.165) is 12.8 Å². The number of esters is 1. The summed E-state index contributed by atoms with van der Waals surface area (Å²) in [7, 11) is 0. The van der Waals surface area contributed by atoms with E-state index in [9.17, 15) is 9.59 Å². The topological polar surface area (TPSA) is 63.6 Å². The minimum absolute atomic E-state index is 0.0556. The maximum atomic E-state index is 10.8. The van der Waals surface area contributed by atoms with Gasteiger partial charge in [-0.3, -0.25) is 9.59 Å². The largest absolute Gasteiger partial charge is 0.481 e. The zero-order chi connectivity index (χ0) is 14.2. The molecule has 104 valence electrons. The van der Waals surface area contributed by atoms with Gasteiger partial charge in [-0.05, 0) is 6.42 Å². The van der Waals surface area contributed by atoms with Gasteiger partial charge in [-0.15, -0.1) is 6.58 Å². The molecule has 0 aliphatic carbocycles. The Hall–Kier alpha value is -1.58. The maximum absolute atomic E-state index is 10.8. The molecular formula is C14H24O4. The second-order valence-corrected chi connectivity index (χ2v) is 3.71. The number of hydrogen-bond acceptors (Lipinski definition) is 3. The van der Waals surface area contributed by atoms with Crippen molar-refractivity contribution >= 4 is 11.9 Å². The number of carboxylic acids is 1. The van der Waals surface area contributed by atoms with Gasteiger partial charge in [-0.1, -0.05) is 45.3 Å². The average molecular weight is 256 g/mol. The Kier molecular flexibility index (Phi) is 16.1. The summed E-state index contributed by atoms with van der Waals surface area (Å²) in [5.41, 5.74) is 0. The highest BCUT2D eigenvalue weighted by Gasteiger charge is 1.98. The van der Waals surface area contributed by atoms with Gasteiger partial charge in [0.2, 0.25) is 0 Å². The number of ether oxygens (including phenoxy) is 1. The highest BCUT2D eigenvalue weighted by molar-refractivity contribution is 5.69. The van der Waals surface area contributed by atoms with Gasteiger partial charge in [0, 0.05) is 6.42 Å². The molecule has 4 nitrogen and oxygen atoms in total. The van der Waals surface area contributed by atoms with Crippen molar-refractivity contribution in [3.05, 3.63) is 25.5 Å². The van der Waals surface area contributed by atoms with Crippen LogP contribution in [0.5, 0.6) is 0 Å². The second-order valence-electron chi connectivity index (χ2n) is 3.71. The van der Waals surface area contributed by atoms with Crippen LogP contribution in [0.2, 0.25) is 0 Å². The molecule has 0 bridgehead atoms. The van der Waals surface area contributed by atoms with Gasteiger partial charge in [0.05, 0.1) is 12.7 Å². The first kappa shape index (κ1) is 18.8. The zero-order valence-electron chi connectivity index (χ0n) is 11.2. The Labute approximate surface area is 109 Å². The fourth-order valence-electron chi connectivity index (χ4n) is 1.15. The summed E-state index contributed by atoms with van der Waals surface area (Å²) in [5.74, 6) is -0.994. The number of hydrogen-bond donors (Lipinski definition) is 1. The molecule has 0 atom stereocenters. The molecule has 0 spiro atoms. The van der Waals surface area contributed by atoms with Gasteiger partial charge in [-0.2, -0.15) is 0 Å². The standard InChI is InChI=1S/C10H18O2.C4H6O2/c1-3-5-6-7-8-9-10(11)12-4-2;1-2-3-4(5)6/h4H,2-3,5-9H2,1H3;2H,1,3H2,(H,5,6). The van der Waals surface area contributed by atoms with Crippen LogP contribution < -0.4 is 0 Å². The molecule has 0 aliphatic heterocycles. The average Bonchev–Trinajstić information content (AvgIpc) is 2.30. The quantitative estimate of drug-likeness (QED) is 0.296. The number of aliphatic carboxylic acids is 1. The van der Waals surface area contributed by atoms with Crippen LogP contribution in [0.4, 0.5) is 0 Å². The van der Waals surface area contributed by atoms with E-state index in [2.05, 4.69) is 24.8 Å². The third-order valence-corrected chi connectivity index (χ3v) is 2.02. The summed E-state index contributed by atoms with van der Waals surface area (Å²) in [6.45, 7) is 8.71. The predicted molar refractivity (Wildman–Crippen MR) is 72.1 cm³/mol. The van der Waals surface area contributed by atoms with Crippen molar-refractivity contribution in [1.82, 2.24) is 0 Å². The first-order valence-electron chi connectivity index (χ1n) is 6.21. The molecule has 0 saturated heterocycles. The number of rotatable bonds is 9. The van der Waals surface area contributed by atoms with Crippen LogP contribution in [0.1, 0.15) is 51.9 Å². The Morgan fingerprint density at radius 1 is 1.17 bits per heavy atom. The summed E-state index contributed by atoms with van der Waals surface area (Å²) in [4.78, 5) is 20.3. The highest BCUT2D eigenvalue weighted by Crippen LogP contribution is 2.05. The molecule has 0 aromatic heterocycles. The lowest BCUT2D eigenvalue weighted by Gasteiger charge is -1.98. The van der Waals surface area contributed by atoms with E-state index in [1.54, 1.807) is 0 Å². The van der Waals surface area contributed by atoms with Gasteiger partial charge in [0.15, 0.2) is 0 Å². The lowest BCUT2D eigenvalue weighted by Crippen LogP contribution is -1.98. The van der Waals surface area contributed by atoms with Crippen molar-refractivity contribution in [2.45, 2.75) is 51.9 Å². The number of carbonyl (C=O) groups excluding carboxylic acids is 1. The van der Waals surface area contributed by atoms with Crippen LogP contribution in [0, 0.1) is 0 Å². The smallest absolute Gasteiger partial charge is 0.310 e. The molecule has 0 heterocycles. The molecule has 0 aromatic rings. The molecule has 0 saturated carbocycles. The van der Waals surface area contributed by atoms with Crippen LogP contribution in [0.25, 0.3) is 0 Å². The van der Waals surface area contributed by atoms with E-state index < -0.39 is 5.97 Å². The van der Waals surface area contributed by atoms with E-state index in [4.69, 9.17) is 5.11 Å². The van der Waals surface area contributed by atoms with Crippen molar-refractivity contribution in [2.24, 2.45) is 0 Å². The molecule has 0 amide bonds. The van der Waals surface area contributed by atoms with Crippen molar-refractivity contribution in [2.75, 3.05) is 0 Å². The van der Waals surface area contributed by atoms with Crippen molar-refractivity contribution in [3.8, 4) is 0 Å². The van der Waals surface area contributed by atoms with E-state index in [1.165, 1.54) is 31.6 Å². The Bertz CT molecular complexity index is 246. The highest BCUT2D eigenvalue weighted by atomic mass is 16.5. The van der Waals surface area contributed by atoms with Crippen LogP contribution in [-0.2, 0) is 14.3 Å². The second kappa shape index (κ2) is 15.4. The summed E-state index contributed by atoms with van der Waals surface area (Å²) in [5, 5.41) is 7.84. The summed E-state index contributed by atoms with van der Waals surface area (Å²) < 4.78 is 4.57. The molecule has 4 heteroatoms. The Morgan fingerprint density at radius 2 is 1.78 bits per heavy atom. The lowest BCUT2D eigenvalue weighted by atomic mass is 10.1. The van der Waals surface area contributed by atoms with Gasteiger partial charge in [0.1, 0.15) is 0 Å². The van der Waals surface area contributed by atoms with Gasteiger partial charge < -0.3 is 9.84 Å². The first-order valence-corrected chi connectivity index (χ1v) is 6.21. The van der Waals surface area contributed by atoms with Crippen molar-refractivity contribution < 1.29 is 19.4 Å². The molecule has 0 radical (unpaired) electrons. The van der Waals surface area contributed by atoms with E-state index in [-0.39, 0.29) is 12.4 Å². The molecule has 0 rings (SSSR count). The normalized spacial score (nSPS) is 8.72. The minimum atomic E-state index is -0.829. The van der Waals surface area contributed by atoms with Gasteiger partial charge in [-0.25, -0.2) is 0 Å². The number of carbonyl (C=O) groups is 2.